The summed E-state index contributed by atoms with van der Waals surface area (Å²) in [5.74, 6) is 1.85. The van der Waals surface area contributed by atoms with E-state index in [9.17, 15) is 4.79 Å². The maximum absolute atomic E-state index is 12.6. The Bertz CT molecular complexity index is 970. The molecule has 3 aromatic carbocycles. The fraction of sp³-hybridized carbons (Fsp3) is 0.261. The third-order valence-electron chi connectivity index (χ3n) is 4.67. The molecule has 0 radical (unpaired) electrons. The lowest BCUT2D eigenvalue weighted by molar-refractivity contribution is -0.127. The van der Waals surface area contributed by atoms with E-state index in [0.29, 0.717) is 17.2 Å². The first-order chi connectivity index (χ1) is 13.5. The second kappa shape index (κ2) is 8.65. The quantitative estimate of drug-likeness (QED) is 0.657. The Balaban J connectivity index is 1.69. The van der Waals surface area contributed by atoms with Crippen LogP contribution in [0.2, 0.25) is 0 Å². The molecule has 0 saturated carbocycles. The Morgan fingerprint density at radius 2 is 1.57 bits per heavy atom. The molecule has 3 aromatic rings. The van der Waals surface area contributed by atoms with Crippen LogP contribution in [0, 0.1) is 0 Å². The van der Waals surface area contributed by atoms with Gasteiger partial charge in [-0.15, -0.1) is 0 Å². The highest BCUT2D eigenvalue weighted by molar-refractivity contribution is 5.84. The summed E-state index contributed by atoms with van der Waals surface area (Å²) in [5.41, 5.74) is 0.841. The molecule has 0 unspecified atom stereocenters. The van der Waals surface area contributed by atoms with Crippen molar-refractivity contribution in [3.05, 3.63) is 66.2 Å². The number of hydrogen-bond acceptors (Lipinski definition) is 4. The van der Waals surface area contributed by atoms with Gasteiger partial charge in [-0.3, -0.25) is 4.79 Å². The van der Waals surface area contributed by atoms with Crippen LogP contribution in [0.3, 0.4) is 0 Å². The van der Waals surface area contributed by atoms with Crippen molar-refractivity contribution >= 4 is 16.7 Å². The summed E-state index contributed by atoms with van der Waals surface area (Å²) in [7, 11) is 3.21. The number of methoxy groups -OCH3 is 2. The van der Waals surface area contributed by atoms with Crippen molar-refractivity contribution in [2.75, 3.05) is 14.2 Å². The standard InChI is InChI=1S/C23H25NO4/c1-15(21-14-19(26-3)11-12-22(21)27-4)24-23(25)16(2)28-20-10-9-17-7-5-6-8-18(17)13-20/h5-16H,1-4H3,(H,24,25)/t15-,16+/m1/s1. The van der Waals surface area contributed by atoms with Gasteiger partial charge in [-0.2, -0.15) is 0 Å². The molecule has 5 heteroatoms. The van der Waals surface area contributed by atoms with Gasteiger partial charge in [0.25, 0.3) is 5.91 Å². The molecular weight excluding hydrogens is 354 g/mol. The minimum absolute atomic E-state index is 0.203. The van der Waals surface area contributed by atoms with Crippen LogP contribution in [-0.2, 0) is 4.79 Å². The summed E-state index contributed by atoms with van der Waals surface area (Å²) in [6, 6.07) is 19.1. The van der Waals surface area contributed by atoms with Crippen LogP contribution < -0.4 is 19.5 Å². The predicted octanol–water partition coefficient (Wildman–Crippen LogP) is 4.50. The first-order valence-electron chi connectivity index (χ1n) is 9.19. The van der Waals surface area contributed by atoms with Crippen LogP contribution >= 0.6 is 0 Å². The van der Waals surface area contributed by atoms with Crippen molar-refractivity contribution < 1.29 is 19.0 Å². The van der Waals surface area contributed by atoms with Gasteiger partial charge in [0.05, 0.1) is 20.3 Å². The van der Waals surface area contributed by atoms with Gasteiger partial charge in [0.1, 0.15) is 17.2 Å². The topological polar surface area (TPSA) is 56.8 Å². The van der Waals surface area contributed by atoms with E-state index in [2.05, 4.69) is 5.32 Å². The van der Waals surface area contributed by atoms with E-state index in [4.69, 9.17) is 14.2 Å². The van der Waals surface area contributed by atoms with Gasteiger partial charge in [-0.05, 0) is 55.0 Å². The van der Waals surface area contributed by atoms with E-state index in [1.165, 1.54) is 0 Å². The average molecular weight is 379 g/mol. The molecule has 0 aliphatic rings. The van der Waals surface area contributed by atoms with E-state index in [0.717, 1.165) is 16.3 Å². The Morgan fingerprint density at radius 1 is 0.857 bits per heavy atom. The fourth-order valence-corrected chi connectivity index (χ4v) is 3.08. The smallest absolute Gasteiger partial charge is 0.261 e. The molecule has 146 valence electrons. The number of carbonyl (C=O) groups is 1. The molecule has 1 amide bonds. The zero-order valence-electron chi connectivity index (χ0n) is 16.6. The molecular formula is C23H25NO4. The SMILES string of the molecule is COc1ccc(OC)c([C@@H](C)NC(=O)[C@H](C)Oc2ccc3ccccc3c2)c1. The summed E-state index contributed by atoms with van der Waals surface area (Å²) >= 11 is 0. The Labute approximate surface area is 165 Å². The highest BCUT2D eigenvalue weighted by atomic mass is 16.5. The van der Waals surface area contributed by atoms with E-state index >= 15 is 0 Å². The van der Waals surface area contributed by atoms with Crippen LogP contribution in [0.4, 0.5) is 0 Å². The highest BCUT2D eigenvalue weighted by Gasteiger charge is 2.20. The zero-order chi connectivity index (χ0) is 20.1. The van der Waals surface area contributed by atoms with E-state index in [1.807, 2.05) is 67.6 Å². The van der Waals surface area contributed by atoms with Gasteiger partial charge < -0.3 is 19.5 Å². The van der Waals surface area contributed by atoms with Crippen LogP contribution in [0.1, 0.15) is 25.5 Å². The number of carbonyl (C=O) groups excluding carboxylic acids is 1. The van der Waals surface area contributed by atoms with Crippen molar-refractivity contribution in [2.24, 2.45) is 0 Å². The van der Waals surface area contributed by atoms with Crippen molar-refractivity contribution in [2.45, 2.75) is 26.0 Å². The molecule has 28 heavy (non-hydrogen) atoms. The molecule has 5 nitrogen and oxygen atoms in total. The van der Waals surface area contributed by atoms with Gasteiger partial charge >= 0.3 is 0 Å². The normalized spacial score (nSPS) is 12.9. The largest absolute Gasteiger partial charge is 0.497 e. The number of amides is 1. The zero-order valence-corrected chi connectivity index (χ0v) is 16.6. The Morgan fingerprint density at radius 3 is 2.29 bits per heavy atom. The molecule has 0 spiro atoms. The lowest BCUT2D eigenvalue weighted by Gasteiger charge is -2.21. The summed E-state index contributed by atoms with van der Waals surface area (Å²) in [4.78, 5) is 12.6. The van der Waals surface area contributed by atoms with Crippen LogP contribution in [0.5, 0.6) is 17.2 Å². The van der Waals surface area contributed by atoms with E-state index < -0.39 is 6.10 Å². The number of benzene rings is 3. The molecule has 3 rings (SSSR count). The molecule has 0 aromatic heterocycles. The van der Waals surface area contributed by atoms with Crippen LogP contribution in [0.15, 0.2) is 60.7 Å². The molecule has 0 saturated heterocycles. The summed E-state index contributed by atoms with van der Waals surface area (Å²) in [6.45, 7) is 3.64. The third kappa shape index (κ3) is 4.36. The van der Waals surface area contributed by atoms with Gasteiger partial charge in [0.2, 0.25) is 0 Å². The molecule has 0 heterocycles. The molecule has 0 aliphatic carbocycles. The molecule has 2 atom stereocenters. The van der Waals surface area contributed by atoms with Gasteiger partial charge in [0, 0.05) is 5.56 Å². The number of ether oxygens (including phenoxy) is 3. The minimum atomic E-state index is -0.639. The Hall–Kier alpha value is -3.21. The molecule has 1 N–H and O–H groups in total. The van der Waals surface area contributed by atoms with Gasteiger partial charge in [-0.1, -0.05) is 30.3 Å². The number of rotatable bonds is 7. The minimum Gasteiger partial charge on any atom is -0.497 e. The number of nitrogens with one attached hydrogen (secondary N) is 1. The summed E-state index contributed by atoms with van der Waals surface area (Å²) < 4.78 is 16.5. The monoisotopic (exact) mass is 379 g/mol. The lowest BCUT2D eigenvalue weighted by atomic mass is 10.1. The molecule has 0 fully saturated rings. The van der Waals surface area contributed by atoms with Crippen molar-refractivity contribution in [3.8, 4) is 17.2 Å². The molecule has 0 aliphatic heterocycles. The average Bonchev–Trinajstić information content (AvgIpc) is 2.72. The van der Waals surface area contributed by atoms with Gasteiger partial charge in [-0.25, -0.2) is 0 Å². The fourth-order valence-electron chi connectivity index (χ4n) is 3.08. The van der Waals surface area contributed by atoms with Crippen LogP contribution in [-0.4, -0.2) is 26.2 Å². The maximum Gasteiger partial charge on any atom is 0.261 e. The third-order valence-corrected chi connectivity index (χ3v) is 4.67. The highest BCUT2D eigenvalue weighted by Crippen LogP contribution is 2.29. The first kappa shape index (κ1) is 19.5. The summed E-state index contributed by atoms with van der Waals surface area (Å²) in [5, 5.41) is 5.18. The van der Waals surface area contributed by atoms with E-state index in [1.54, 1.807) is 21.1 Å². The van der Waals surface area contributed by atoms with Crippen LogP contribution in [0.25, 0.3) is 10.8 Å². The first-order valence-corrected chi connectivity index (χ1v) is 9.19. The predicted molar refractivity (Wildman–Crippen MR) is 110 cm³/mol. The van der Waals surface area contributed by atoms with E-state index in [-0.39, 0.29) is 11.9 Å². The van der Waals surface area contributed by atoms with Crippen molar-refractivity contribution in [1.29, 1.82) is 0 Å². The Kier molecular flexibility index (Phi) is 6.04. The van der Waals surface area contributed by atoms with Crippen molar-refractivity contribution in [1.82, 2.24) is 5.32 Å². The number of fused-ring (bicyclic) bond motifs is 1. The van der Waals surface area contributed by atoms with Gasteiger partial charge in [0.15, 0.2) is 6.10 Å². The second-order valence-electron chi connectivity index (χ2n) is 6.61. The number of hydrogen-bond donors (Lipinski definition) is 1. The van der Waals surface area contributed by atoms with Crippen molar-refractivity contribution in [3.63, 3.8) is 0 Å². The summed E-state index contributed by atoms with van der Waals surface area (Å²) in [6.07, 6.45) is -0.639. The maximum atomic E-state index is 12.6. The lowest BCUT2D eigenvalue weighted by Crippen LogP contribution is -2.37. The molecule has 0 bridgehead atoms. The second-order valence-corrected chi connectivity index (χ2v) is 6.61.